The molecule has 3 aromatic rings. The van der Waals surface area contributed by atoms with Gasteiger partial charge in [0.25, 0.3) is 5.91 Å². The minimum Gasteiger partial charge on any atom is -0.354 e. The molecule has 1 fully saturated rings. The Hall–Kier alpha value is -2.90. The van der Waals surface area contributed by atoms with Crippen LogP contribution in [0.4, 0.5) is 10.2 Å². The number of hydrogen-bond acceptors (Lipinski definition) is 4. The number of carbonyl (C=O) groups is 1. The first kappa shape index (κ1) is 24.2. The van der Waals surface area contributed by atoms with Crippen LogP contribution in [0.1, 0.15) is 35.0 Å². The second-order valence-electron chi connectivity index (χ2n) is 8.80. The van der Waals surface area contributed by atoms with Gasteiger partial charge in [0.05, 0.1) is 17.9 Å². The zero-order chi connectivity index (χ0) is 24.2. The van der Waals surface area contributed by atoms with Crippen LogP contribution in [0, 0.1) is 12.7 Å². The van der Waals surface area contributed by atoms with Crippen molar-refractivity contribution in [3.8, 4) is 5.69 Å². The summed E-state index contributed by atoms with van der Waals surface area (Å²) in [5.41, 5.74) is 3.11. The molecule has 1 saturated heterocycles. The van der Waals surface area contributed by atoms with Crippen LogP contribution >= 0.6 is 11.6 Å². The van der Waals surface area contributed by atoms with Gasteiger partial charge in [0, 0.05) is 48.9 Å². The molecule has 1 aliphatic heterocycles. The van der Waals surface area contributed by atoms with Gasteiger partial charge in [0.15, 0.2) is 0 Å². The van der Waals surface area contributed by atoms with E-state index in [1.165, 1.54) is 12.1 Å². The average molecular weight is 484 g/mol. The van der Waals surface area contributed by atoms with E-state index in [1.807, 2.05) is 22.6 Å². The Morgan fingerprint density at radius 3 is 2.47 bits per heavy atom. The number of benzene rings is 2. The Bertz CT molecular complexity index is 1140. The molecule has 6 nitrogen and oxygen atoms in total. The van der Waals surface area contributed by atoms with Gasteiger partial charge in [-0.15, -0.1) is 0 Å². The summed E-state index contributed by atoms with van der Waals surface area (Å²) in [6.07, 6.45) is 0.834. The number of likely N-dealkylation sites (N-methyl/N-ethyl adjacent to an activating group) is 1. The molecule has 4 rings (SSSR count). The summed E-state index contributed by atoms with van der Waals surface area (Å²) in [6.45, 7) is 8.59. The normalized spacial score (nSPS) is 14.4. The highest BCUT2D eigenvalue weighted by Gasteiger charge is 2.27. The summed E-state index contributed by atoms with van der Waals surface area (Å²) >= 11 is 6.03. The SMILES string of the molecule is CCCN(Cc1c(C)nn(-c2cccc(F)c2)c1N1CCN(C)CC1)C(=O)c1ccc(Cl)cc1. The number of aryl methyl sites for hydroxylation is 1. The molecular formula is C26H31ClFN5O. The van der Waals surface area contributed by atoms with E-state index in [-0.39, 0.29) is 11.7 Å². The minimum atomic E-state index is -0.304. The fourth-order valence-corrected chi connectivity index (χ4v) is 4.48. The molecule has 0 atom stereocenters. The van der Waals surface area contributed by atoms with Gasteiger partial charge < -0.3 is 14.7 Å². The van der Waals surface area contributed by atoms with E-state index in [9.17, 15) is 9.18 Å². The van der Waals surface area contributed by atoms with Gasteiger partial charge in [-0.2, -0.15) is 5.10 Å². The smallest absolute Gasteiger partial charge is 0.254 e. The average Bonchev–Trinajstić information content (AvgIpc) is 3.15. The molecule has 0 radical (unpaired) electrons. The van der Waals surface area contributed by atoms with Crippen LogP contribution in [0.25, 0.3) is 5.69 Å². The Labute approximate surface area is 205 Å². The Morgan fingerprint density at radius 1 is 1.12 bits per heavy atom. The molecule has 34 heavy (non-hydrogen) atoms. The number of rotatable bonds is 7. The second kappa shape index (κ2) is 10.6. The van der Waals surface area contributed by atoms with Crippen molar-refractivity contribution in [1.29, 1.82) is 0 Å². The first-order valence-corrected chi connectivity index (χ1v) is 12.1. The van der Waals surface area contributed by atoms with Crippen molar-refractivity contribution in [3.63, 3.8) is 0 Å². The summed E-state index contributed by atoms with van der Waals surface area (Å²) in [5, 5.41) is 5.41. The first-order valence-electron chi connectivity index (χ1n) is 11.7. The molecule has 0 aliphatic carbocycles. The number of piperazine rings is 1. The lowest BCUT2D eigenvalue weighted by molar-refractivity contribution is 0.0743. The molecule has 2 aromatic carbocycles. The quantitative estimate of drug-likeness (QED) is 0.485. The highest BCUT2D eigenvalue weighted by Crippen LogP contribution is 2.30. The Kier molecular flexibility index (Phi) is 7.54. The van der Waals surface area contributed by atoms with Crippen molar-refractivity contribution in [2.45, 2.75) is 26.8 Å². The summed E-state index contributed by atoms with van der Waals surface area (Å²) < 4.78 is 15.9. The molecule has 0 spiro atoms. The van der Waals surface area contributed by atoms with E-state index < -0.39 is 0 Å². The molecule has 1 aliphatic rings. The minimum absolute atomic E-state index is 0.0410. The highest BCUT2D eigenvalue weighted by atomic mass is 35.5. The lowest BCUT2D eigenvalue weighted by atomic mass is 10.1. The highest BCUT2D eigenvalue weighted by molar-refractivity contribution is 6.30. The largest absolute Gasteiger partial charge is 0.354 e. The third-order valence-electron chi connectivity index (χ3n) is 6.23. The molecule has 1 amide bonds. The van der Waals surface area contributed by atoms with Crippen LogP contribution in [-0.2, 0) is 6.54 Å². The van der Waals surface area contributed by atoms with Crippen molar-refractivity contribution in [2.24, 2.45) is 0 Å². The van der Waals surface area contributed by atoms with Gasteiger partial charge in [0.2, 0.25) is 0 Å². The maximum absolute atomic E-state index is 14.1. The van der Waals surface area contributed by atoms with Crippen LogP contribution in [0.15, 0.2) is 48.5 Å². The van der Waals surface area contributed by atoms with E-state index in [1.54, 1.807) is 30.3 Å². The van der Waals surface area contributed by atoms with E-state index in [4.69, 9.17) is 16.7 Å². The van der Waals surface area contributed by atoms with Crippen molar-refractivity contribution in [3.05, 3.63) is 76.2 Å². The number of nitrogens with zero attached hydrogens (tertiary/aromatic N) is 5. The number of amides is 1. The van der Waals surface area contributed by atoms with Crippen LogP contribution in [0.5, 0.6) is 0 Å². The predicted octanol–water partition coefficient (Wildman–Crippen LogP) is 4.78. The van der Waals surface area contributed by atoms with Crippen molar-refractivity contribution in [1.82, 2.24) is 19.6 Å². The molecule has 0 N–H and O–H groups in total. The lowest BCUT2D eigenvalue weighted by Gasteiger charge is -2.35. The maximum atomic E-state index is 14.1. The molecule has 8 heteroatoms. The van der Waals surface area contributed by atoms with Crippen LogP contribution in [0.2, 0.25) is 5.02 Å². The molecule has 0 unspecified atom stereocenters. The van der Waals surface area contributed by atoms with Gasteiger partial charge in [0.1, 0.15) is 11.6 Å². The van der Waals surface area contributed by atoms with Crippen molar-refractivity contribution >= 4 is 23.3 Å². The van der Waals surface area contributed by atoms with Gasteiger partial charge >= 0.3 is 0 Å². The monoisotopic (exact) mass is 483 g/mol. The standard InChI is InChI=1S/C26H31ClFN5O/c1-4-12-32(26(34)20-8-10-21(27)11-9-20)18-24-19(2)29-33(23-7-5-6-22(28)17-23)25(24)31-15-13-30(3)14-16-31/h5-11,17H,4,12-16,18H2,1-3H3. The van der Waals surface area contributed by atoms with E-state index in [2.05, 4.69) is 23.8 Å². The van der Waals surface area contributed by atoms with E-state index in [0.717, 1.165) is 49.7 Å². The molecule has 2 heterocycles. The molecule has 0 bridgehead atoms. The van der Waals surface area contributed by atoms with E-state index >= 15 is 0 Å². The number of hydrogen-bond donors (Lipinski definition) is 0. The van der Waals surface area contributed by atoms with Crippen LogP contribution in [-0.4, -0.2) is 65.3 Å². The predicted molar refractivity (Wildman–Crippen MR) is 134 cm³/mol. The van der Waals surface area contributed by atoms with Gasteiger partial charge in [-0.3, -0.25) is 4.79 Å². The summed E-state index contributed by atoms with van der Waals surface area (Å²) in [5.74, 6) is 0.587. The van der Waals surface area contributed by atoms with Gasteiger partial charge in [-0.25, -0.2) is 9.07 Å². The number of anilines is 1. The fourth-order valence-electron chi connectivity index (χ4n) is 4.35. The van der Waals surface area contributed by atoms with Crippen molar-refractivity contribution in [2.75, 3.05) is 44.7 Å². The second-order valence-corrected chi connectivity index (χ2v) is 9.24. The molecule has 180 valence electrons. The van der Waals surface area contributed by atoms with Crippen LogP contribution in [0.3, 0.4) is 0 Å². The van der Waals surface area contributed by atoms with Gasteiger partial charge in [-0.1, -0.05) is 24.6 Å². The number of aromatic nitrogens is 2. The Morgan fingerprint density at radius 2 is 1.82 bits per heavy atom. The van der Waals surface area contributed by atoms with Crippen LogP contribution < -0.4 is 4.90 Å². The third-order valence-corrected chi connectivity index (χ3v) is 6.49. The Balaban J connectivity index is 1.74. The number of halogens is 2. The third kappa shape index (κ3) is 5.26. The maximum Gasteiger partial charge on any atom is 0.254 e. The fraction of sp³-hybridized carbons (Fsp3) is 0.385. The lowest BCUT2D eigenvalue weighted by Crippen LogP contribution is -2.45. The number of carbonyl (C=O) groups excluding carboxylic acids is 1. The first-order chi connectivity index (χ1) is 16.4. The zero-order valence-corrected chi connectivity index (χ0v) is 20.7. The topological polar surface area (TPSA) is 44.6 Å². The molecular weight excluding hydrogens is 453 g/mol. The zero-order valence-electron chi connectivity index (χ0n) is 20.0. The van der Waals surface area contributed by atoms with E-state index in [0.29, 0.717) is 29.4 Å². The van der Waals surface area contributed by atoms with Crippen molar-refractivity contribution < 1.29 is 9.18 Å². The molecule has 0 saturated carbocycles. The summed E-state index contributed by atoms with van der Waals surface area (Å²) in [6, 6.07) is 13.5. The van der Waals surface area contributed by atoms with Gasteiger partial charge in [-0.05, 0) is 62.9 Å². The molecule has 1 aromatic heterocycles. The summed E-state index contributed by atoms with van der Waals surface area (Å²) in [7, 11) is 2.11. The summed E-state index contributed by atoms with van der Waals surface area (Å²) in [4.78, 5) is 19.9.